The smallest absolute Gasteiger partial charge is 0.161 e. The molecule has 22 heavy (non-hydrogen) atoms. The van der Waals surface area contributed by atoms with Crippen LogP contribution < -0.4 is 0 Å². The molecule has 2 aromatic rings. The fourth-order valence-electron chi connectivity index (χ4n) is 2.38. The molecule has 0 spiro atoms. The third-order valence-corrected chi connectivity index (χ3v) is 3.75. The van der Waals surface area contributed by atoms with Crippen LogP contribution in [0.3, 0.4) is 0 Å². The van der Waals surface area contributed by atoms with E-state index in [-0.39, 0.29) is 6.42 Å². The Bertz CT molecular complexity index is 622. The molecule has 0 aromatic heterocycles. The molecule has 0 aliphatic rings. The normalized spacial score (nSPS) is 12.2. The first-order chi connectivity index (χ1) is 10.6. The largest absolute Gasteiger partial charge is 0.209 e. The second-order valence-corrected chi connectivity index (χ2v) is 5.51. The number of hydrogen-bond acceptors (Lipinski definition) is 0. The van der Waals surface area contributed by atoms with Crippen molar-refractivity contribution < 1.29 is 8.78 Å². The summed E-state index contributed by atoms with van der Waals surface area (Å²) >= 11 is 0. The summed E-state index contributed by atoms with van der Waals surface area (Å²) in [7, 11) is 0. The second-order valence-electron chi connectivity index (χ2n) is 5.51. The van der Waals surface area contributed by atoms with E-state index in [0.717, 1.165) is 18.4 Å². The van der Waals surface area contributed by atoms with E-state index in [1.165, 1.54) is 11.1 Å². The summed E-state index contributed by atoms with van der Waals surface area (Å²) in [5.74, 6) is -1.40. The van der Waals surface area contributed by atoms with Gasteiger partial charge in [-0.05, 0) is 36.0 Å². The van der Waals surface area contributed by atoms with Gasteiger partial charge in [0.2, 0.25) is 0 Å². The van der Waals surface area contributed by atoms with Crippen molar-refractivity contribution in [3.8, 4) is 0 Å². The summed E-state index contributed by atoms with van der Waals surface area (Å²) in [4.78, 5) is 0. The molecule has 2 rings (SSSR count). The Labute approximate surface area is 131 Å². The molecule has 0 amide bonds. The van der Waals surface area contributed by atoms with Crippen molar-refractivity contribution in [2.45, 2.75) is 39.5 Å². The van der Waals surface area contributed by atoms with Gasteiger partial charge in [0.15, 0.2) is 5.83 Å². The molecular weight excluding hydrogens is 278 g/mol. The zero-order valence-electron chi connectivity index (χ0n) is 13.2. The molecule has 0 saturated carbocycles. The molecule has 0 radical (unpaired) electrons. The molecule has 116 valence electrons. The average molecular weight is 300 g/mol. The second kappa shape index (κ2) is 7.88. The molecule has 0 nitrogen and oxygen atoms in total. The van der Waals surface area contributed by atoms with Crippen molar-refractivity contribution in [3.05, 3.63) is 76.6 Å². The van der Waals surface area contributed by atoms with E-state index < -0.39 is 11.7 Å². The van der Waals surface area contributed by atoms with E-state index in [2.05, 4.69) is 31.2 Å². The Kier molecular flexibility index (Phi) is 5.88. The maximum Gasteiger partial charge on any atom is 0.161 e. The van der Waals surface area contributed by atoms with E-state index in [1.807, 2.05) is 19.1 Å². The van der Waals surface area contributed by atoms with Crippen molar-refractivity contribution in [3.63, 3.8) is 0 Å². The quantitative estimate of drug-likeness (QED) is 0.591. The van der Waals surface area contributed by atoms with E-state index >= 15 is 0 Å². The summed E-state index contributed by atoms with van der Waals surface area (Å²) in [5.41, 5.74) is 3.95. The lowest BCUT2D eigenvalue weighted by atomic mass is 10.0. The number of allylic oxidation sites excluding steroid dienone is 1. The Morgan fingerprint density at radius 2 is 1.27 bits per heavy atom. The van der Waals surface area contributed by atoms with Gasteiger partial charge in [0.1, 0.15) is 5.83 Å². The minimum atomic E-state index is -0.735. The fourth-order valence-corrected chi connectivity index (χ4v) is 2.38. The highest BCUT2D eigenvalue weighted by atomic mass is 19.2. The van der Waals surface area contributed by atoms with Gasteiger partial charge in [-0.3, -0.25) is 0 Å². The molecule has 0 atom stereocenters. The van der Waals surface area contributed by atoms with Crippen molar-refractivity contribution in [1.82, 2.24) is 0 Å². The number of aryl methyl sites for hydroxylation is 1. The van der Waals surface area contributed by atoms with Crippen LogP contribution in [0.2, 0.25) is 0 Å². The van der Waals surface area contributed by atoms with Gasteiger partial charge in [-0.15, -0.1) is 0 Å². The lowest BCUT2D eigenvalue weighted by Gasteiger charge is -2.05. The zero-order valence-corrected chi connectivity index (χ0v) is 13.2. The molecule has 0 bridgehead atoms. The topological polar surface area (TPSA) is 0 Å². The van der Waals surface area contributed by atoms with Crippen molar-refractivity contribution in [1.29, 1.82) is 0 Å². The highest BCUT2D eigenvalue weighted by Crippen LogP contribution is 2.25. The summed E-state index contributed by atoms with van der Waals surface area (Å²) in [6.07, 6.45) is 2.58. The van der Waals surface area contributed by atoms with E-state index in [9.17, 15) is 8.78 Å². The van der Waals surface area contributed by atoms with Gasteiger partial charge in [-0.1, -0.05) is 62.4 Å². The van der Waals surface area contributed by atoms with Crippen LogP contribution in [0, 0.1) is 0 Å². The van der Waals surface area contributed by atoms with Gasteiger partial charge in [-0.25, -0.2) is 8.78 Å². The predicted octanol–water partition coefficient (Wildman–Crippen LogP) is 6.25. The van der Waals surface area contributed by atoms with E-state index in [4.69, 9.17) is 0 Å². The summed E-state index contributed by atoms with van der Waals surface area (Å²) in [6.45, 7) is 3.97. The third kappa shape index (κ3) is 4.27. The molecule has 2 heteroatoms. The van der Waals surface area contributed by atoms with Crippen LogP contribution >= 0.6 is 0 Å². The molecular formula is C20H22F2. The molecule has 0 N–H and O–H groups in total. The number of hydrogen-bond donors (Lipinski definition) is 0. The fraction of sp³-hybridized carbons (Fsp3) is 0.300. The molecule has 0 saturated heterocycles. The lowest BCUT2D eigenvalue weighted by molar-refractivity contribution is 0.559. The minimum Gasteiger partial charge on any atom is -0.209 e. The van der Waals surface area contributed by atoms with Gasteiger partial charge in [-0.2, -0.15) is 0 Å². The van der Waals surface area contributed by atoms with Crippen LogP contribution in [-0.4, -0.2) is 0 Å². The van der Waals surface area contributed by atoms with Crippen molar-refractivity contribution in [2.75, 3.05) is 0 Å². The van der Waals surface area contributed by atoms with Gasteiger partial charge in [0.25, 0.3) is 0 Å². The highest BCUT2D eigenvalue weighted by Gasteiger charge is 2.08. The zero-order chi connectivity index (χ0) is 15.9. The molecule has 0 fully saturated rings. The number of benzene rings is 2. The third-order valence-electron chi connectivity index (χ3n) is 3.75. The predicted molar refractivity (Wildman–Crippen MR) is 89.1 cm³/mol. The van der Waals surface area contributed by atoms with Crippen LogP contribution in [0.5, 0.6) is 0 Å². The van der Waals surface area contributed by atoms with Crippen LogP contribution in [0.15, 0.2) is 54.4 Å². The van der Waals surface area contributed by atoms with Gasteiger partial charge >= 0.3 is 0 Å². The highest BCUT2D eigenvalue weighted by molar-refractivity contribution is 5.61. The first-order valence-electron chi connectivity index (χ1n) is 7.85. The maximum atomic E-state index is 13.9. The Hall–Kier alpha value is -1.96. The van der Waals surface area contributed by atoms with Crippen LogP contribution in [0.4, 0.5) is 8.78 Å². The molecule has 0 heterocycles. The van der Waals surface area contributed by atoms with E-state index in [1.54, 1.807) is 12.1 Å². The molecule has 0 unspecified atom stereocenters. The van der Waals surface area contributed by atoms with Gasteiger partial charge < -0.3 is 0 Å². The standard InChI is InChI=1S/C20H22F2/c1-3-5-19(21)20(22)18-12-10-17(11-13-18)14-16-8-6-15(4-2)7-9-16/h6-13H,3-5,14H2,1-2H3/b20-19+. The SMILES string of the molecule is CCC/C(F)=C(\F)c1ccc(Cc2ccc(CC)cc2)cc1. The first kappa shape index (κ1) is 16.4. The van der Waals surface area contributed by atoms with E-state index in [0.29, 0.717) is 12.0 Å². The van der Waals surface area contributed by atoms with Crippen molar-refractivity contribution >= 4 is 5.83 Å². The Morgan fingerprint density at radius 3 is 1.77 bits per heavy atom. The molecule has 0 aliphatic heterocycles. The Balaban J connectivity index is 2.09. The van der Waals surface area contributed by atoms with Crippen molar-refractivity contribution in [2.24, 2.45) is 0 Å². The number of halogens is 2. The maximum absolute atomic E-state index is 13.9. The Morgan fingerprint density at radius 1 is 0.773 bits per heavy atom. The van der Waals surface area contributed by atoms with Gasteiger partial charge in [0.05, 0.1) is 0 Å². The molecule has 2 aromatic carbocycles. The minimum absolute atomic E-state index is 0.150. The van der Waals surface area contributed by atoms with Gasteiger partial charge in [0, 0.05) is 12.0 Å². The summed E-state index contributed by atoms with van der Waals surface area (Å²) in [5, 5.41) is 0. The average Bonchev–Trinajstić information content (AvgIpc) is 2.56. The first-order valence-corrected chi connectivity index (χ1v) is 7.85. The van der Waals surface area contributed by atoms with Crippen LogP contribution in [0.1, 0.15) is 48.9 Å². The summed E-state index contributed by atoms with van der Waals surface area (Å²) < 4.78 is 27.4. The lowest BCUT2D eigenvalue weighted by Crippen LogP contribution is -1.90. The summed E-state index contributed by atoms with van der Waals surface area (Å²) in [6, 6.07) is 15.5. The number of rotatable bonds is 6. The monoisotopic (exact) mass is 300 g/mol. The molecule has 0 aliphatic carbocycles. The van der Waals surface area contributed by atoms with Crippen LogP contribution in [0.25, 0.3) is 5.83 Å². The van der Waals surface area contributed by atoms with Crippen LogP contribution in [-0.2, 0) is 12.8 Å².